The standard InChI is InChI=1S/C11H19NO4S/c1-17-7-4-10(13)12-5-2-9(3-6-12)16-8-11(14)15/h9H,2-8H2,1H3,(H,14,15). The summed E-state index contributed by atoms with van der Waals surface area (Å²) in [6.45, 7) is 1.11. The number of amides is 1. The molecule has 1 aliphatic heterocycles. The van der Waals surface area contributed by atoms with Crippen LogP contribution in [0, 0.1) is 0 Å². The number of carbonyl (C=O) groups excluding carboxylic acids is 1. The normalized spacial score (nSPS) is 17.1. The summed E-state index contributed by atoms with van der Waals surface area (Å²) in [5, 5.41) is 8.49. The minimum Gasteiger partial charge on any atom is -0.480 e. The van der Waals surface area contributed by atoms with Gasteiger partial charge in [0, 0.05) is 25.3 Å². The molecule has 0 aromatic carbocycles. The van der Waals surface area contributed by atoms with Crippen LogP contribution in [0.1, 0.15) is 19.3 Å². The lowest BCUT2D eigenvalue weighted by molar-refractivity contribution is -0.146. The minimum atomic E-state index is -0.941. The van der Waals surface area contributed by atoms with Crippen molar-refractivity contribution in [3.05, 3.63) is 0 Å². The molecule has 0 atom stereocenters. The molecule has 17 heavy (non-hydrogen) atoms. The summed E-state index contributed by atoms with van der Waals surface area (Å²) < 4.78 is 5.21. The predicted octanol–water partition coefficient (Wildman–Crippen LogP) is 0.832. The average Bonchev–Trinajstić information content (AvgIpc) is 2.34. The zero-order valence-electron chi connectivity index (χ0n) is 10.1. The molecule has 1 saturated heterocycles. The summed E-state index contributed by atoms with van der Waals surface area (Å²) in [5.41, 5.74) is 0. The fraction of sp³-hybridized carbons (Fsp3) is 0.818. The maximum Gasteiger partial charge on any atom is 0.329 e. The molecule has 1 amide bonds. The molecule has 0 spiro atoms. The molecular weight excluding hydrogens is 242 g/mol. The van der Waals surface area contributed by atoms with Crippen molar-refractivity contribution in [3.63, 3.8) is 0 Å². The predicted molar refractivity (Wildman–Crippen MR) is 66.2 cm³/mol. The number of ether oxygens (including phenoxy) is 1. The van der Waals surface area contributed by atoms with E-state index in [0.717, 1.165) is 18.6 Å². The van der Waals surface area contributed by atoms with Crippen LogP contribution in [0.2, 0.25) is 0 Å². The molecule has 0 aromatic rings. The molecule has 1 N–H and O–H groups in total. The Hall–Kier alpha value is -0.750. The smallest absolute Gasteiger partial charge is 0.329 e. The van der Waals surface area contributed by atoms with Crippen molar-refractivity contribution in [3.8, 4) is 0 Å². The van der Waals surface area contributed by atoms with Crippen LogP contribution in [-0.4, -0.2) is 59.7 Å². The summed E-state index contributed by atoms with van der Waals surface area (Å²) in [5.74, 6) is 0.105. The van der Waals surface area contributed by atoms with Gasteiger partial charge in [0.1, 0.15) is 6.61 Å². The van der Waals surface area contributed by atoms with Gasteiger partial charge in [0.15, 0.2) is 0 Å². The first-order valence-electron chi connectivity index (χ1n) is 5.73. The van der Waals surface area contributed by atoms with Gasteiger partial charge in [0.05, 0.1) is 6.10 Å². The summed E-state index contributed by atoms with van der Waals surface area (Å²) in [6, 6.07) is 0. The fourth-order valence-electron chi connectivity index (χ4n) is 1.81. The highest BCUT2D eigenvalue weighted by atomic mass is 32.2. The van der Waals surface area contributed by atoms with Crippen LogP contribution in [-0.2, 0) is 14.3 Å². The van der Waals surface area contributed by atoms with E-state index in [1.807, 2.05) is 11.2 Å². The molecule has 1 fully saturated rings. The number of aliphatic carboxylic acids is 1. The number of nitrogens with zero attached hydrogens (tertiary/aromatic N) is 1. The second-order valence-corrected chi connectivity index (χ2v) is 5.01. The number of piperidine rings is 1. The van der Waals surface area contributed by atoms with Gasteiger partial charge in [-0.25, -0.2) is 4.79 Å². The van der Waals surface area contributed by atoms with Gasteiger partial charge in [-0.2, -0.15) is 11.8 Å². The van der Waals surface area contributed by atoms with Crippen molar-refractivity contribution in [2.24, 2.45) is 0 Å². The van der Waals surface area contributed by atoms with E-state index in [1.54, 1.807) is 11.8 Å². The van der Waals surface area contributed by atoms with Crippen molar-refractivity contribution in [2.45, 2.75) is 25.4 Å². The summed E-state index contributed by atoms with van der Waals surface area (Å²) in [7, 11) is 0. The van der Waals surface area contributed by atoms with Crippen LogP contribution in [0.25, 0.3) is 0 Å². The lowest BCUT2D eigenvalue weighted by atomic mass is 10.1. The number of hydrogen-bond donors (Lipinski definition) is 1. The third-order valence-corrected chi connectivity index (χ3v) is 3.37. The second kappa shape index (κ2) is 7.55. The topological polar surface area (TPSA) is 66.8 Å². The third-order valence-electron chi connectivity index (χ3n) is 2.76. The van der Waals surface area contributed by atoms with Crippen molar-refractivity contribution in [1.29, 1.82) is 0 Å². The van der Waals surface area contributed by atoms with Crippen molar-refractivity contribution in [2.75, 3.05) is 31.7 Å². The molecule has 0 radical (unpaired) electrons. The highest BCUT2D eigenvalue weighted by Crippen LogP contribution is 2.15. The van der Waals surface area contributed by atoms with Crippen LogP contribution < -0.4 is 0 Å². The Morgan fingerprint density at radius 1 is 1.41 bits per heavy atom. The largest absolute Gasteiger partial charge is 0.480 e. The van der Waals surface area contributed by atoms with E-state index in [1.165, 1.54) is 0 Å². The Balaban J connectivity index is 2.20. The lowest BCUT2D eigenvalue weighted by Crippen LogP contribution is -2.41. The van der Waals surface area contributed by atoms with E-state index >= 15 is 0 Å². The number of thioether (sulfide) groups is 1. The van der Waals surface area contributed by atoms with Crippen molar-refractivity contribution < 1.29 is 19.4 Å². The Bertz CT molecular complexity index is 264. The van der Waals surface area contributed by atoms with Gasteiger partial charge in [0.2, 0.25) is 5.91 Å². The Kier molecular flexibility index (Phi) is 6.36. The number of carbonyl (C=O) groups is 2. The molecule has 0 bridgehead atoms. The molecule has 0 saturated carbocycles. The zero-order chi connectivity index (χ0) is 12.7. The lowest BCUT2D eigenvalue weighted by Gasteiger charge is -2.31. The van der Waals surface area contributed by atoms with Gasteiger partial charge in [-0.05, 0) is 19.1 Å². The van der Waals surface area contributed by atoms with E-state index in [2.05, 4.69) is 0 Å². The molecule has 1 rings (SSSR count). The monoisotopic (exact) mass is 261 g/mol. The molecule has 0 aromatic heterocycles. The first-order chi connectivity index (χ1) is 8.13. The number of carboxylic acids is 1. The summed E-state index contributed by atoms with van der Waals surface area (Å²) in [4.78, 5) is 23.9. The van der Waals surface area contributed by atoms with E-state index in [-0.39, 0.29) is 18.6 Å². The van der Waals surface area contributed by atoms with Crippen LogP contribution >= 0.6 is 11.8 Å². The Morgan fingerprint density at radius 2 is 2.06 bits per heavy atom. The van der Waals surface area contributed by atoms with Gasteiger partial charge >= 0.3 is 5.97 Å². The fourth-order valence-corrected chi connectivity index (χ4v) is 2.19. The summed E-state index contributed by atoms with van der Waals surface area (Å²) in [6.07, 6.45) is 4.02. The van der Waals surface area contributed by atoms with Gasteiger partial charge in [-0.3, -0.25) is 4.79 Å². The van der Waals surface area contributed by atoms with Crippen LogP contribution in [0.5, 0.6) is 0 Å². The van der Waals surface area contributed by atoms with E-state index in [9.17, 15) is 9.59 Å². The number of rotatable bonds is 6. The molecule has 0 unspecified atom stereocenters. The van der Waals surface area contributed by atoms with Gasteiger partial charge in [0.25, 0.3) is 0 Å². The quantitative estimate of drug-likeness (QED) is 0.767. The number of likely N-dealkylation sites (tertiary alicyclic amines) is 1. The SMILES string of the molecule is CSCCC(=O)N1CCC(OCC(=O)O)CC1. The highest BCUT2D eigenvalue weighted by molar-refractivity contribution is 7.98. The van der Waals surface area contributed by atoms with E-state index < -0.39 is 5.97 Å². The highest BCUT2D eigenvalue weighted by Gasteiger charge is 2.23. The van der Waals surface area contributed by atoms with Crippen LogP contribution in [0.3, 0.4) is 0 Å². The van der Waals surface area contributed by atoms with Gasteiger partial charge in [-0.15, -0.1) is 0 Å². The zero-order valence-corrected chi connectivity index (χ0v) is 10.9. The third kappa shape index (κ3) is 5.41. The molecule has 6 heteroatoms. The number of hydrogen-bond acceptors (Lipinski definition) is 4. The Morgan fingerprint density at radius 3 is 2.59 bits per heavy atom. The summed E-state index contributed by atoms with van der Waals surface area (Å²) >= 11 is 1.67. The molecule has 1 heterocycles. The maximum absolute atomic E-state index is 11.7. The van der Waals surface area contributed by atoms with Gasteiger partial charge in [-0.1, -0.05) is 0 Å². The minimum absolute atomic E-state index is 0.0179. The van der Waals surface area contributed by atoms with Crippen LogP contribution in [0.4, 0.5) is 0 Å². The molecule has 98 valence electrons. The second-order valence-electron chi connectivity index (χ2n) is 4.03. The molecular formula is C11H19NO4S. The van der Waals surface area contributed by atoms with Crippen molar-refractivity contribution in [1.82, 2.24) is 4.90 Å². The van der Waals surface area contributed by atoms with E-state index in [0.29, 0.717) is 19.5 Å². The average molecular weight is 261 g/mol. The molecule has 0 aliphatic carbocycles. The first-order valence-corrected chi connectivity index (χ1v) is 7.13. The molecule has 5 nitrogen and oxygen atoms in total. The Labute approximate surface area is 105 Å². The van der Waals surface area contributed by atoms with Gasteiger partial charge < -0.3 is 14.7 Å². The van der Waals surface area contributed by atoms with Crippen molar-refractivity contribution >= 4 is 23.6 Å². The van der Waals surface area contributed by atoms with E-state index in [4.69, 9.17) is 9.84 Å². The first kappa shape index (κ1) is 14.3. The van der Waals surface area contributed by atoms with Crippen LogP contribution in [0.15, 0.2) is 0 Å². The maximum atomic E-state index is 11.7. The molecule has 1 aliphatic rings. The number of carboxylic acid groups (broad SMARTS) is 1.